The number of hydrogen-bond acceptors (Lipinski definition) is 3. The van der Waals surface area contributed by atoms with Crippen molar-refractivity contribution in [3.8, 4) is 5.75 Å². The van der Waals surface area contributed by atoms with E-state index in [0.29, 0.717) is 22.2 Å². The number of carboxylic acids is 1. The number of carboxylic acid groups (broad SMARTS) is 1. The van der Waals surface area contributed by atoms with E-state index in [2.05, 4.69) is 5.32 Å². The number of carbonyl (C=O) groups excluding carboxylic acids is 1. The van der Waals surface area contributed by atoms with Crippen LogP contribution in [0.3, 0.4) is 0 Å². The molecule has 0 bridgehead atoms. The van der Waals surface area contributed by atoms with E-state index in [0.717, 1.165) is 11.1 Å². The molecule has 0 radical (unpaired) electrons. The molecule has 2 aromatic rings. The van der Waals surface area contributed by atoms with Gasteiger partial charge in [0.1, 0.15) is 11.8 Å². The predicted molar refractivity (Wildman–Crippen MR) is 101 cm³/mol. The second-order valence-electron chi connectivity index (χ2n) is 5.76. The molecule has 0 spiro atoms. The molecule has 0 unspecified atom stereocenters. The predicted octanol–water partition coefficient (Wildman–Crippen LogP) is 3.75. The van der Waals surface area contributed by atoms with Crippen LogP contribution in [-0.4, -0.2) is 30.1 Å². The van der Waals surface area contributed by atoms with Crippen LogP contribution in [0.4, 0.5) is 0 Å². The van der Waals surface area contributed by atoms with Gasteiger partial charge in [-0.05, 0) is 41.8 Å². The Balaban J connectivity index is 1.92. The van der Waals surface area contributed by atoms with Gasteiger partial charge in [0.2, 0.25) is 5.91 Å². The fourth-order valence-corrected chi connectivity index (χ4v) is 2.74. The van der Waals surface area contributed by atoms with Gasteiger partial charge in [-0.25, -0.2) is 4.79 Å². The maximum Gasteiger partial charge on any atom is 0.326 e. The van der Waals surface area contributed by atoms with E-state index in [1.54, 1.807) is 49.6 Å². The molecule has 1 amide bonds. The normalized spacial score (nSPS) is 11.7. The number of benzene rings is 2. The first-order valence-electron chi connectivity index (χ1n) is 7.98. The molecule has 2 rings (SSSR count). The van der Waals surface area contributed by atoms with Crippen molar-refractivity contribution >= 4 is 35.1 Å². The average Bonchev–Trinajstić information content (AvgIpc) is 2.62. The summed E-state index contributed by atoms with van der Waals surface area (Å²) in [6.07, 6.45) is 0.791. The number of aryl methyl sites for hydroxylation is 1. The van der Waals surface area contributed by atoms with E-state index in [-0.39, 0.29) is 18.7 Å². The highest BCUT2D eigenvalue weighted by Crippen LogP contribution is 2.23. The third kappa shape index (κ3) is 5.93. The standard InChI is InChI=1S/C19H19Cl2NO4/c1-26-14-6-2-13(3-7-14)11-17(19(24)25)22-18(23)9-5-12-4-8-15(20)16(21)10-12/h2-4,6-8,10,17H,5,9,11H2,1H3,(H,22,23)(H,24,25)/t17-/m0/s1. The van der Waals surface area contributed by atoms with Gasteiger partial charge in [-0.2, -0.15) is 0 Å². The molecule has 0 fully saturated rings. The number of methoxy groups -OCH3 is 1. The molecule has 1 atom stereocenters. The summed E-state index contributed by atoms with van der Waals surface area (Å²) >= 11 is 11.8. The van der Waals surface area contributed by atoms with Crippen LogP contribution >= 0.6 is 23.2 Å². The Labute approximate surface area is 161 Å². The number of amides is 1. The molecule has 0 saturated carbocycles. The van der Waals surface area contributed by atoms with Crippen LogP contribution in [0.1, 0.15) is 17.5 Å². The van der Waals surface area contributed by atoms with E-state index in [4.69, 9.17) is 27.9 Å². The SMILES string of the molecule is COc1ccc(C[C@H](NC(=O)CCc2ccc(Cl)c(Cl)c2)C(=O)O)cc1. The molecule has 5 nitrogen and oxygen atoms in total. The Morgan fingerprint density at radius 1 is 1.08 bits per heavy atom. The van der Waals surface area contributed by atoms with Gasteiger partial charge >= 0.3 is 5.97 Å². The molecule has 0 aliphatic rings. The molecular formula is C19H19Cl2NO4. The highest BCUT2D eigenvalue weighted by molar-refractivity contribution is 6.42. The fourth-order valence-electron chi connectivity index (χ4n) is 2.42. The third-order valence-corrected chi connectivity index (χ3v) is 4.60. The minimum absolute atomic E-state index is 0.157. The lowest BCUT2D eigenvalue weighted by atomic mass is 10.0. The van der Waals surface area contributed by atoms with E-state index >= 15 is 0 Å². The number of aliphatic carboxylic acids is 1. The van der Waals surface area contributed by atoms with Gasteiger partial charge in [0, 0.05) is 12.8 Å². The molecule has 2 aromatic carbocycles. The largest absolute Gasteiger partial charge is 0.497 e. The molecule has 0 aliphatic heterocycles. The van der Waals surface area contributed by atoms with E-state index in [9.17, 15) is 14.7 Å². The lowest BCUT2D eigenvalue weighted by Gasteiger charge is -2.15. The summed E-state index contributed by atoms with van der Waals surface area (Å²) in [4.78, 5) is 23.6. The molecule has 0 aromatic heterocycles. The summed E-state index contributed by atoms with van der Waals surface area (Å²) in [5, 5.41) is 12.8. The highest BCUT2D eigenvalue weighted by Gasteiger charge is 2.20. The smallest absolute Gasteiger partial charge is 0.326 e. The van der Waals surface area contributed by atoms with Crippen LogP contribution in [0, 0.1) is 0 Å². The van der Waals surface area contributed by atoms with Gasteiger partial charge in [-0.15, -0.1) is 0 Å². The minimum atomic E-state index is -1.08. The Morgan fingerprint density at radius 3 is 2.31 bits per heavy atom. The van der Waals surface area contributed by atoms with Crippen molar-refractivity contribution < 1.29 is 19.4 Å². The van der Waals surface area contributed by atoms with Crippen LogP contribution in [0.25, 0.3) is 0 Å². The summed E-state index contributed by atoms with van der Waals surface area (Å²) in [6, 6.07) is 11.2. The molecule has 0 aliphatic carbocycles. The fraction of sp³-hybridized carbons (Fsp3) is 0.263. The summed E-state index contributed by atoms with van der Waals surface area (Å²) in [6.45, 7) is 0. The van der Waals surface area contributed by atoms with Crippen LogP contribution in [0.15, 0.2) is 42.5 Å². The van der Waals surface area contributed by atoms with Crippen molar-refractivity contribution in [3.05, 3.63) is 63.6 Å². The van der Waals surface area contributed by atoms with Crippen LogP contribution < -0.4 is 10.1 Å². The Bertz CT molecular complexity index is 778. The first-order valence-corrected chi connectivity index (χ1v) is 8.73. The molecule has 0 heterocycles. The van der Waals surface area contributed by atoms with Crippen molar-refractivity contribution in [3.63, 3.8) is 0 Å². The molecule has 7 heteroatoms. The lowest BCUT2D eigenvalue weighted by Crippen LogP contribution is -2.42. The molecule has 138 valence electrons. The average molecular weight is 396 g/mol. The van der Waals surface area contributed by atoms with Crippen LogP contribution in [-0.2, 0) is 22.4 Å². The van der Waals surface area contributed by atoms with E-state index < -0.39 is 12.0 Å². The highest BCUT2D eigenvalue weighted by atomic mass is 35.5. The lowest BCUT2D eigenvalue weighted by molar-refractivity contribution is -0.141. The number of carbonyl (C=O) groups is 2. The maximum atomic E-state index is 12.1. The van der Waals surface area contributed by atoms with Gasteiger partial charge in [-0.3, -0.25) is 4.79 Å². The third-order valence-electron chi connectivity index (χ3n) is 3.86. The first kappa shape index (κ1) is 20.1. The number of hydrogen-bond donors (Lipinski definition) is 2. The number of rotatable bonds is 8. The van der Waals surface area contributed by atoms with Crippen molar-refractivity contribution in [2.75, 3.05) is 7.11 Å². The van der Waals surface area contributed by atoms with Gasteiger partial charge in [0.15, 0.2) is 0 Å². The second kappa shape index (κ2) is 9.46. The number of nitrogens with one attached hydrogen (secondary N) is 1. The zero-order valence-electron chi connectivity index (χ0n) is 14.2. The van der Waals surface area contributed by atoms with Crippen molar-refractivity contribution in [2.45, 2.75) is 25.3 Å². The zero-order valence-corrected chi connectivity index (χ0v) is 15.7. The van der Waals surface area contributed by atoms with E-state index in [1.165, 1.54) is 0 Å². The summed E-state index contributed by atoms with van der Waals surface area (Å²) in [5.41, 5.74) is 1.65. The van der Waals surface area contributed by atoms with Gasteiger partial charge in [0.25, 0.3) is 0 Å². The van der Waals surface area contributed by atoms with Crippen molar-refractivity contribution in [1.82, 2.24) is 5.32 Å². The van der Waals surface area contributed by atoms with Gasteiger partial charge < -0.3 is 15.2 Å². The van der Waals surface area contributed by atoms with Crippen molar-refractivity contribution in [2.24, 2.45) is 0 Å². The summed E-state index contributed by atoms with van der Waals surface area (Å²) in [5.74, 6) is -0.730. The molecule has 2 N–H and O–H groups in total. The van der Waals surface area contributed by atoms with Crippen LogP contribution in [0.5, 0.6) is 5.75 Å². The molecule has 26 heavy (non-hydrogen) atoms. The topological polar surface area (TPSA) is 75.6 Å². The first-order chi connectivity index (χ1) is 12.4. The Kier molecular flexibility index (Phi) is 7.30. The Morgan fingerprint density at radius 2 is 1.73 bits per heavy atom. The zero-order chi connectivity index (χ0) is 19.1. The number of halogens is 2. The van der Waals surface area contributed by atoms with E-state index in [1.807, 2.05) is 0 Å². The molecular weight excluding hydrogens is 377 g/mol. The maximum absolute atomic E-state index is 12.1. The van der Waals surface area contributed by atoms with Gasteiger partial charge in [-0.1, -0.05) is 41.4 Å². The van der Waals surface area contributed by atoms with Crippen molar-refractivity contribution in [1.29, 1.82) is 0 Å². The molecule has 0 saturated heterocycles. The monoisotopic (exact) mass is 395 g/mol. The summed E-state index contributed by atoms with van der Waals surface area (Å²) < 4.78 is 5.07. The Hall–Kier alpha value is -2.24. The van der Waals surface area contributed by atoms with Gasteiger partial charge in [0.05, 0.1) is 17.2 Å². The second-order valence-corrected chi connectivity index (χ2v) is 6.57. The number of ether oxygens (including phenoxy) is 1. The minimum Gasteiger partial charge on any atom is -0.497 e. The van der Waals surface area contributed by atoms with Crippen LogP contribution in [0.2, 0.25) is 10.0 Å². The quantitative estimate of drug-likeness (QED) is 0.713. The summed E-state index contributed by atoms with van der Waals surface area (Å²) in [7, 11) is 1.56.